The van der Waals surface area contributed by atoms with Crippen molar-refractivity contribution >= 4 is 29.0 Å². The van der Waals surface area contributed by atoms with Gasteiger partial charge in [-0.2, -0.15) is 0 Å². The molecule has 0 atom stereocenters. The fraction of sp³-hybridized carbons (Fsp3) is 0.667. The van der Waals surface area contributed by atoms with E-state index in [1.165, 1.54) is 12.8 Å². The Morgan fingerprint density at radius 3 is 3.06 bits per heavy atom. The molecule has 1 aliphatic heterocycles. The van der Waals surface area contributed by atoms with Gasteiger partial charge in [-0.05, 0) is 32.9 Å². The summed E-state index contributed by atoms with van der Waals surface area (Å²) in [6.07, 6.45) is 2.34. The summed E-state index contributed by atoms with van der Waals surface area (Å²) in [6.45, 7) is 4.69. The Balaban J connectivity index is 1.62. The number of carbonyl (C=O) groups excluding carboxylic acids is 1. The smallest absolute Gasteiger partial charge is 0.230 e. The Morgan fingerprint density at radius 1 is 1.61 bits per heavy atom. The minimum absolute atomic E-state index is 0.117. The largest absolute Gasteiger partial charge is 0.349 e. The van der Waals surface area contributed by atoms with E-state index in [0.717, 1.165) is 23.8 Å². The van der Waals surface area contributed by atoms with Gasteiger partial charge in [0.2, 0.25) is 5.91 Å². The van der Waals surface area contributed by atoms with Gasteiger partial charge in [0.1, 0.15) is 5.01 Å². The van der Waals surface area contributed by atoms with Gasteiger partial charge in [0.15, 0.2) is 0 Å². The van der Waals surface area contributed by atoms with Crippen molar-refractivity contribution in [2.45, 2.75) is 31.6 Å². The molecule has 0 aromatic carbocycles. The SMILES string of the molecule is Cc1csc(CNC(=O)CSC2CCNCC2)n1. The van der Waals surface area contributed by atoms with Crippen LogP contribution >= 0.6 is 23.1 Å². The molecule has 2 heterocycles. The first kappa shape index (κ1) is 13.8. The molecular formula is C12H19N3OS2. The number of nitrogens with one attached hydrogen (secondary N) is 2. The Morgan fingerprint density at radius 2 is 2.39 bits per heavy atom. The highest BCUT2D eigenvalue weighted by Gasteiger charge is 2.14. The van der Waals surface area contributed by atoms with Crippen LogP contribution in [0.1, 0.15) is 23.5 Å². The molecule has 1 aliphatic rings. The number of amides is 1. The molecule has 0 saturated carbocycles. The topological polar surface area (TPSA) is 54.0 Å². The number of carbonyl (C=O) groups is 1. The van der Waals surface area contributed by atoms with Gasteiger partial charge in [0.25, 0.3) is 0 Å². The van der Waals surface area contributed by atoms with Crippen LogP contribution in [0.2, 0.25) is 0 Å². The third-order valence-electron chi connectivity index (χ3n) is 2.84. The summed E-state index contributed by atoms with van der Waals surface area (Å²) in [7, 11) is 0. The van der Waals surface area contributed by atoms with E-state index >= 15 is 0 Å². The lowest BCUT2D eigenvalue weighted by molar-refractivity contribution is -0.118. The minimum atomic E-state index is 0.117. The lowest BCUT2D eigenvalue weighted by Gasteiger charge is -2.21. The van der Waals surface area contributed by atoms with E-state index in [2.05, 4.69) is 15.6 Å². The number of hydrogen-bond donors (Lipinski definition) is 2. The highest BCUT2D eigenvalue weighted by atomic mass is 32.2. The summed E-state index contributed by atoms with van der Waals surface area (Å²) in [5.41, 5.74) is 1.02. The molecule has 18 heavy (non-hydrogen) atoms. The van der Waals surface area contributed by atoms with E-state index in [1.807, 2.05) is 12.3 Å². The number of thioether (sulfide) groups is 1. The minimum Gasteiger partial charge on any atom is -0.349 e. The van der Waals surface area contributed by atoms with Gasteiger partial charge >= 0.3 is 0 Å². The first-order chi connectivity index (χ1) is 8.74. The Hall–Kier alpha value is -0.590. The molecule has 2 rings (SSSR count). The molecule has 1 aromatic heterocycles. The Bertz CT molecular complexity index is 388. The predicted octanol–water partition coefficient (Wildman–Crippen LogP) is 1.55. The highest BCUT2D eigenvalue weighted by molar-refractivity contribution is 8.00. The van der Waals surface area contributed by atoms with Crippen LogP contribution in [0, 0.1) is 6.92 Å². The molecule has 100 valence electrons. The van der Waals surface area contributed by atoms with Crippen molar-refractivity contribution < 1.29 is 4.79 Å². The Labute approximate surface area is 116 Å². The van der Waals surface area contributed by atoms with Crippen molar-refractivity contribution in [3.8, 4) is 0 Å². The number of aryl methyl sites for hydroxylation is 1. The summed E-state index contributed by atoms with van der Waals surface area (Å²) < 4.78 is 0. The quantitative estimate of drug-likeness (QED) is 0.862. The Kier molecular flexibility index (Phi) is 5.46. The first-order valence-corrected chi connectivity index (χ1v) is 8.17. The first-order valence-electron chi connectivity index (χ1n) is 6.24. The maximum atomic E-state index is 11.7. The molecule has 1 saturated heterocycles. The molecule has 1 fully saturated rings. The summed E-state index contributed by atoms with van der Waals surface area (Å²) in [4.78, 5) is 16.0. The lowest BCUT2D eigenvalue weighted by atomic mass is 10.2. The molecule has 2 N–H and O–H groups in total. The molecule has 1 amide bonds. The zero-order valence-electron chi connectivity index (χ0n) is 10.6. The van der Waals surface area contributed by atoms with E-state index in [0.29, 0.717) is 17.5 Å². The molecule has 6 heteroatoms. The number of nitrogens with zero attached hydrogens (tertiary/aromatic N) is 1. The second kappa shape index (κ2) is 7.11. The molecule has 0 bridgehead atoms. The predicted molar refractivity (Wildman–Crippen MR) is 77.0 cm³/mol. The molecule has 0 unspecified atom stereocenters. The number of hydrogen-bond acceptors (Lipinski definition) is 5. The van der Waals surface area contributed by atoms with Gasteiger partial charge in [-0.3, -0.25) is 4.79 Å². The van der Waals surface area contributed by atoms with Crippen LogP contribution in [0.15, 0.2) is 5.38 Å². The summed E-state index contributed by atoms with van der Waals surface area (Å²) in [5.74, 6) is 0.682. The van der Waals surface area contributed by atoms with Crippen LogP contribution in [0.5, 0.6) is 0 Å². The second-order valence-electron chi connectivity index (χ2n) is 4.42. The van der Waals surface area contributed by atoms with Gasteiger partial charge in [0, 0.05) is 16.3 Å². The average Bonchev–Trinajstić information content (AvgIpc) is 2.81. The van der Waals surface area contributed by atoms with Crippen LogP contribution in [-0.2, 0) is 11.3 Å². The molecular weight excluding hydrogens is 266 g/mol. The molecule has 0 spiro atoms. The highest BCUT2D eigenvalue weighted by Crippen LogP contribution is 2.19. The van der Waals surface area contributed by atoms with Crippen molar-refractivity contribution in [1.82, 2.24) is 15.6 Å². The van der Waals surface area contributed by atoms with Crippen LogP contribution in [0.3, 0.4) is 0 Å². The zero-order chi connectivity index (χ0) is 12.8. The standard InChI is InChI=1S/C12H19N3OS2/c1-9-7-18-12(15-9)6-14-11(16)8-17-10-2-4-13-5-3-10/h7,10,13H,2-6,8H2,1H3,(H,14,16). The number of thiazole rings is 1. The van der Waals surface area contributed by atoms with Crippen molar-refractivity contribution in [2.75, 3.05) is 18.8 Å². The van der Waals surface area contributed by atoms with Crippen LogP contribution in [-0.4, -0.2) is 35.0 Å². The normalized spacial score (nSPS) is 16.7. The average molecular weight is 285 g/mol. The zero-order valence-corrected chi connectivity index (χ0v) is 12.2. The fourth-order valence-corrected chi connectivity index (χ4v) is 3.63. The third-order valence-corrected chi connectivity index (χ3v) is 5.18. The van der Waals surface area contributed by atoms with E-state index in [4.69, 9.17) is 0 Å². The molecule has 1 aromatic rings. The number of rotatable bonds is 5. The maximum absolute atomic E-state index is 11.7. The van der Waals surface area contributed by atoms with E-state index in [-0.39, 0.29) is 5.91 Å². The number of aromatic nitrogens is 1. The number of piperidine rings is 1. The third kappa shape index (κ3) is 4.59. The van der Waals surface area contributed by atoms with Crippen LogP contribution in [0.25, 0.3) is 0 Å². The summed E-state index contributed by atoms with van der Waals surface area (Å²) >= 11 is 3.37. The van der Waals surface area contributed by atoms with Crippen molar-refractivity contribution in [2.24, 2.45) is 0 Å². The summed E-state index contributed by atoms with van der Waals surface area (Å²) in [6, 6.07) is 0. The van der Waals surface area contributed by atoms with Crippen molar-refractivity contribution in [3.05, 3.63) is 16.1 Å². The molecule has 0 aliphatic carbocycles. The monoisotopic (exact) mass is 285 g/mol. The van der Waals surface area contributed by atoms with Gasteiger partial charge in [-0.25, -0.2) is 4.98 Å². The van der Waals surface area contributed by atoms with Crippen molar-refractivity contribution in [1.29, 1.82) is 0 Å². The maximum Gasteiger partial charge on any atom is 0.230 e. The lowest BCUT2D eigenvalue weighted by Crippen LogP contribution is -2.31. The van der Waals surface area contributed by atoms with Gasteiger partial charge in [-0.15, -0.1) is 23.1 Å². The van der Waals surface area contributed by atoms with Crippen LogP contribution < -0.4 is 10.6 Å². The van der Waals surface area contributed by atoms with Gasteiger partial charge in [0.05, 0.1) is 12.3 Å². The van der Waals surface area contributed by atoms with E-state index in [9.17, 15) is 4.79 Å². The molecule has 4 nitrogen and oxygen atoms in total. The molecule has 0 radical (unpaired) electrons. The van der Waals surface area contributed by atoms with E-state index in [1.54, 1.807) is 23.1 Å². The van der Waals surface area contributed by atoms with E-state index < -0.39 is 0 Å². The second-order valence-corrected chi connectivity index (χ2v) is 6.65. The summed E-state index contributed by atoms with van der Waals surface area (Å²) in [5, 5.41) is 9.88. The van der Waals surface area contributed by atoms with Gasteiger partial charge in [-0.1, -0.05) is 0 Å². The van der Waals surface area contributed by atoms with Gasteiger partial charge < -0.3 is 10.6 Å². The van der Waals surface area contributed by atoms with Crippen molar-refractivity contribution in [3.63, 3.8) is 0 Å². The fourth-order valence-electron chi connectivity index (χ4n) is 1.86. The van der Waals surface area contributed by atoms with Crippen LogP contribution in [0.4, 0.5) is 0 Å².